The van der Waals surface area contributed by atoms with Crippen molar-refractivity contribution in [3.63, 3.8) is 0 Å². The van der Waals surface area contributed by atoms with Crippen molar-refractivity contribution in [2.24, 2.45) is 0 Å². The fourth-order valence-corrected chi connectivity index (χ4v) is 3.24. The molecule has 2 heterocycles. The van der Waals surface area contributed by atoms with Gasteiger partial charge < -0.3 is 5.32 Å². The molecule has 0 bridgehead atoms. The van der Waals surface area contributed by atoms with Gasteiger partial charge in [0, 0.05) is 44.8 Å². The molecule has 0 radical (unpaired) electrons. The van der Waals surface area contributed by atoms with Crippen molar-refractivity contribution in [3.8, 4) is 0 Å². The Morgan fingerprint density at radius 3 is 2.93 bits per heavy atom. The quantitative estimate of drug-likeness (QED) is 0.461. The van der Waals surface area contributed by atoms with Crippen molar-refractivity contribution >= 4 is 22.6 Å². The molecule has 1 unspecified atom stereocenters. The van der Waals surface area contributed by atoms with Gasteiger partial charge in [0.1, 0.15) is 0 Å². The van der Waals surface area contributed by atoms with Gasteiger partial charge in [0.15, 0.2) is 0 Å². The highest BCUT2D eigenvalue weighted by atomic mass is 127. The van der Waals surface area contributed by atoms with Crippen LogP contribution in [0.5, 0.6) is 0 Å². The van der Waals surface area contributed by atoms with Crippen molar-refractivity contribution in [3.05, 3.63) is 0 Å². The van der Waals surface area contributed by atoms with Gasteiger partial charge >= 0.3 is 0 Å². The van der Waals surface area contributed by atoms with Gasteiger partial charge in [-0.2, -0.15) is 0 Å². The van der Waals surface area contributed by atoms with E-state index in [9.17, 15) is 0 Å². The van der Waals surface area contributed by atoms with Crippen LogP contribution in [0.4, 0.5) is 0 Å². The van der Waals surface area contributed by atoms with Crippen LogP contribution >= 0.6 is 22.6 Å². The standard InChI is InChI=1S/C10H20IN3/c1-2-9-5-12-6-10-7-13(8-11)3-4-14(9)10/h9-10,12H,2-8H2,1H3/t9-,10?/m1/s1. The molecule has 2 aliphatic heterocycles. The normalized spacial score (nSPS) is 35.6. The fraction of sp³-hybridized carbons (Fsp3) is 1.00. The zero-order chi connectivity index (χ0) is 9.97. The Kier molecular flexibility index (Phi) is 4.04. The minimum absolute atomic E-state index is 0.761. The Morgan fingerprint density at radius 2 is 2.21 bits per heavy atom. The number of hydrogen-bond acceptors (Lipinski definition) is 3. The minimum atomic E-state index is 0.761. The molecule has 0 aromatic carbocycles. The molecule has 2 saturated heterocycles. The van der Waals surface area contributed by atoms with Gasteiger partial charge in [-0.1, -0.05) is 29.5 Å². The second kappa shape index (κ2) is 5.09. The second-order valence-corrected chi connectivity index (χ2v) is 4.99. The third-order valence-corrected chi connectivity index (χ3v) is 4.45. The molecule has 4 heteroatoms. The van der Waals surface area contributed by atoms with E-state index in [-0.39, 0.29) is 0 Å². The van der Waals surface area contributed by atoms with Gasteiger partial charge in [0.2, 0.25) is 0 Å². The number of nitrogens with zero attached hydrogens (tertiary/aromatic N) is 2. The number of piperazine rings is 2. The maximum absolute atomic E-state index is 3.56. The summed E-state index contributed by atoms with van der Waals surface area (Å²) in [6, 6.07) is 1.54. The summed E-state index contributed by atoms with van der Waals surface area (Å²) in [5.41, 5.74) is 0. The first-order chi connectivity index (χ1) is 6.85. The number of fused-ring (bicyclic) bond motifs is 1. The van der Waals surface area contributed by atoms with E-state index in [1.807, 2.05) is 0 Å². The number of alkyl halides is 1. The third-order valence-electron chi connectivity index (χ3n) is 3.48. The van der Waals surface area contributed by atoms with E-state index in [1.54, 1.807) is 0 Å². The molecule has 2 atom stereocenters. The highest BCUT2D eigenvalue weighted by Gasteiger charge is 2.33. The molecule has 2 rings (SSSR count). The Bertz CT molecular complexity index is 188. The lowest BCUT2D eigenvalue weighted by Crippen LogP contribution is -2.64. The topological polar surface area (TPSA) is 18.5 Å². The van der Waals surface area contributed by atoms with Crippen LogP contribution in [0.25, 0.3) is 0 Å². The maximum atomic E-state index is 3.56. The van der Waals surface area contributed by atoms with Crippen molar-refractivity contribution in [1.29, 1.82) is 0 Å². The minimum Gasteiger partial charge on any atom is -0.314 e. The fourth-order valence-electron chi connectivity index (χ4n) is 2.62. The van der Waals surface area contributed by atoms with E-state index in [0.717, 1.165) is 12.1 Å². The Hall–Kier alpha value is 0.610. The number of hydrogen-bond donors (Lipinski definition) is 1. The van der Waals surface area contributed by atoms with Crippen LogP contribution in [0, 0.1) is 0 Å². The SMILES string of the molecule is CC[C@@H]1CNCC2CN(CI)CCN21. The van der Waals surface area contributed by atoms with Crippen LogP contribution < -0.4 is 5.32 Å². The molecule has 0 aromatic rings. The summed E-state index contributed by atoms with van der Waals surface area (Å²) >= 11 is 2.47. The summed E-state index contributed by atoms with van der Waals surface area (Å²) < 4.78 is 1.18. The molecule has 82 valence electrons. The molecule has 0 aliphatic carbocycles. The number of nitrogens with one attached hydrogen (secondary N) is 1. The first kappa shape index (κ1) is 11.1. The van der Waals surface area contributed by atoms with Gasteiger partial charge in [-0.15, -0.1) is 0 Å². The summed E-state index contributed by atoms with van der Waals surface area (Å²) in [6.45, 7) is 8.47. The van der Waals surface area contributed by atoms with Gasteiger partial charge in [-0.05, 0) is 6.42 Å². The lowest BCUT2D eigenvalue weighted by molar-refractivity contribution is 0.0272. The summed E-state index contributed by atoms with van der Waals surface area (Å²) in [5.74, 6) is 0. The first-order valence-corrected chi connectivity index (χ1v) is 7.12. The molecule has 0 aromatic heterocycles. The van der Waals surface area contributed by atoms with E-state index in [1.165, 1.54) is 43.7 Å². The lowest BCUT2D eigenvalue weighted by Gasteiger charge is -2.48. The molecule has 3 nitrogen and oxygen atoms in total. The molecule has 14 heavy (non-hydrogen) atoms. The first-order valence-electron chi connectivity index (χ1n) is 5.60. The lowest BCUT2D eigenvalue weighted by atomic mass is 10.0. The summed E-state index contributed by atoms with van der Waals surface area (Å²) in [4.78, 5) is 5.28. The monoisotopic (exact) mass is 309 g/mol. The van der Waals surface area contributed by atoms with E-state index in [4.69, 9.17) is 0 Å². The average Bonchev–Trinajstić information content (AvgIpc) is 2.27. The zero-order valence-electron chi connectivity index (χ0n) is 8.88. The zero-order valence-corrected chi connectivity index (χ0v) is 11.0. The highest BCUT2D eigenvalue weighted by molar-refractivity contribution is 14.1. The third kappa shape index (κ3) is 2.23. The largest absolute Gasteiger partial charge is 0.314 e. The maximum Gasteiger partial charge on any atom is 0.0506 e. The summed E-state index contributed by atoms with van der Waals surface area (Å²) in [7, 11) is 0. The molecule has 2 fully saturated rings. The predicted molar refractivity (Wildman–Crippen MR) is 67.9 cm³/mol. The highest BCUT2D eigenvalue weighted by Crippen LogP contribution is 2.18. The number of halogens is 1. The summed E-state index contributed by atoms with van der Waals surface area (Å²) in [6.07, 6.45) is 1.29. The Balaban J connectivity index is 1.96. The van der Waals surface area contributed by atoms with E-state index < -0.39 is 0 Å². The van der Waals surface area contributed by atoms with Crippen molar-refractivity contribution in [2.45, 2.75) is 25.4 Å². The molecular weight excluding hydrogens is 289 g/mol. The van der Waals surface area contributed by atoms with Gasteiger partial charge in [0.05, 0.1) is 4.55 Å². The van der Waals surface area contributed by atoms with Crippen LogP contribution in [0.15, 0.2) is 0 Å². The second-order valence-electron chi connectivity index (χ2n) is 4.31. The Labute approximate surface area is 100 Å². The van der Waals surface area contributed by atoms with E-state index in [2.05, 4.69) is 44.6 Å². The van der Waals surface area contributed by atoms with Crippen LogP contribution in [0.1, 0.15) is 13.3 Å². The molecule has 0 amide bonds. The smallest absolute Gasteiger partial charge is 0.0506 e. The van der Waals surface area contributed by atoms with Crippen LogP contribution in [-0.4, -0.2) is 59.2 Å². The van der Waals surface area contributed by atoms with E-state index in [0.29, 0.717) is 0 Å². The van der Waals surface area contributed by atoms with Crippen molar-refractivity contribution < 1.29 is 0 Å². The molecule has 0 saturated carbocycles. The molecule has 1 N–H and O–H groups in total. The van der Waals surface area contributed by atoms with Crippen molar-refractivity contribution in [1.82, 2.24) is 15.1 Å². The average molecular weight is 309 g/mol. The Morgan fingerprint density at radius 1 is 1.36 bits per heavy atom. The van der Waals surface area contributed by atoms with Crippen LogP contribution in [0.2, 0.25) is 0 Å². The molecular formula is C10H20IN3. The summed E-state index contributed by atoms with van der Waals surface area (Å²) in [5, 5.41) is 3.56. The predicted octanol–water partition coefficient (Wildman–Crippen LogP) is 0.747. The molecule has 2 aliphatic rings. The van der Waals surface area contributed by atoms with Gasteiger partial charge in [0.25, 0.3) is 0 Å². The molecule has 0 spiro atoms. The van der Waals surface area contributed by atoms with Crippen LogP contribution in [0.3, 0.4) is 0 Å². The van der Waals surface area contributed by atoms with E-state index >= 15 is 0 Å². The van der Waals surface area contributed by atoms with Gasteiger partial charge in [-0.3, -0.25) is 9.80 Å². The van der Waals surface area contributed by atoms with Gasteiger partial charge in [-0.25, -0.2) is 0 Å². The van der Waals surface area contributed by atoms with Crippen LogP contribution in [-0.2, 0) is 0 Å². The number of rotatable bonds is 2. The van der Waals surface area contributed by atoms with Crippen molar-refractivity contribution in [2.75, 3.05) is 37.3 Å².